The summed E-state index contributed by atoms with van der Waals surface area (Å²) in [6, 6.07) is 6.94. The molecule has 0 amide bonds. The number of benzene rings is 2. The van der Waals surface area contributed by atoms with E-state index in [1.807, 2.05) is 6.92 Å². The second kappa shape index (κ2) is 9.14. The number of alkyl halides is 6. The van der Waals surface area contributed by atoms with E-state index in [9.17, 15) is 34.8 Å². The third-order valence-electron chi connectivity index (χ3n) is 3.86. The van der Waals surface area contributed by atoms with E-state index in [1.165, 1.54) is 26.1 Å². The Morgan fingerprint density at radius 2 is 1.31 bits per heavy atom. The van der Waals surface area contributed by atoms with Gasteiger partial charge >= 0.3 is 12.4 Å². The first-order valence-corrected chi connectivity index (χ1v) is 9.50. The first-order chi connectivity index (χ1) is 13.1. The Bertz CT molecular complexity index is 890. The SMILES string of the molecule is CNC(C)c1cc(C(F)(F)F)cc(C(F)(F)F)c1.Cc1ccc(S(=O)(=O)O)cc1. The molecule has 0 heterocycles. The van der Waals surface area contributed by atoms with Crippen molar-refractivity contribution in [1.82, 2.24) is 5.32 Å². The normalized spacial score (nSPS) is 13.4. The Hall–Kier alpha value is -2.11. The zero-order valence-electron chi connectivity index (χ0n) is 15.6. The molecule has 11 heteroatoms. The highest BCUT2D eigenvalue weighted by Gasteiger charge is 2.37. The molecule has 2 aromatic rings. The molecule has 0 aromatic heterocycles. The van der Waals surface area contributed by atoms with Crippen molar-refractivity contribution in [3.63, 3.8) is 0 Å². The second-order valence-electron chi connectivity index (χ2n) is 6.14. The van der Waals surface area contributed by atoms with Gasteiger partial charge in [-0.2, -0.15) is 34.8 Å². The average Bonchev–Trinajstić information content (AvgIpc) is 2.59. The summed E-state index contributed by atoms with van der Waals surface area (Å²) in [5.74, 6) is 0. The van der Waals surface area contributed by atoms with E-state index in [-0.39, 0.29) is 16.5 Å². The van der Waals surface area contributed by atoms with Crippen molar-refractivity contribution in [2.24, 2.45) is 0 Å². The summed E-state index contributed by atoms with van der Waals surface area (Å²) in [7, 11) is -2.56. The van der Waals surface area contributed by atoms with Crippen molar-refractivity contribution in [2.45, 2.75) is 37.1 Å². The molecule has 1 atom stereocenters. The summed E-state index contributed by atoms with van der Waals surface area (Å²) in [6.07, 6.45) is -9.60. The van der Waals surface area contributed by atoms with Crippen molar-refractivity contribution in [3.8, 4) is 0 Å². The van der Waals surface area contributed by atoms with Crippen LogP contribution in [-0.2, 0) is 22.5 Å². The topological polar surface area (TPSA) is 66.4 Å². The van der Waals surface area contributed by atoms with Gasteiger partial charge in [-0.05, 0) is 56.8 Å². The lowest BCUT2D eigenvalue weighted by atomic mass is 10.0. The van der Waals surface area contributed by atoms with Crippen LogP contribution in [0.5, 0.6) is 0 Å². The lowest BCUT2D eigenvalue weighted by Crippen LogP contribution is -2.17. The number of hydrogen-bond donors (Lipinski definition) is 2. The van der Waals surface area contributed by atoms with Crippen molar-refractivity contribution < 1.29 is 39.3 Å². The molecule has 0 aliphatic carbocycles. The molecule has 0 bridgehead atoms. The van der Waals surface area contributed by atoms with Gasteiger partial charge in [-0.25, -0.2) is 0 Å². The van der Waals surface area contributed by atoms with Gasteiger partial charge in [0.05, 0.1) is 16.0 Å². The monoisotopic (exact) mass is 443 g/mol. The van der Waals surface area contributed by atoms with Crippen LogP contribution in [0.1, 0.15) is 35.2 Å². The molecule has 2 N–H and O–H groups in total. The van der Waals surface area contributed by atoms with E-state index in [4.69, 9.17) is 4.55 Å². The summed E-state index contributed by atoms with van der Waals surface area (Å²) < 4.78 is 105. The van der Waals surface area contributed by atoms with Gasteiger partial charge in [0.25, 0.3) is 10.1 Å². The van der Waals surface area contributed by atoms with E-state index in [2.05, 4.69) is 5.32 Å². The standard InChI is InChI=1S/C11H11F6N.C7H8O3S/c1-6(18-2)7-3-8(10(12,13)14)5-9(4-7)11(15,16)17;1-6-2-4-7(5-3-6)11(8,9)10/h3-6,18H,1-2H3;2-5H,1H3,(H,8,9,10). The van der Waals surface area contributed by atoms with Gasteiger partial charge in [0.1, 0.15) is 0 Å². The minimum Gasteiger partial charge on any atom is -0.313 e. The van der Waals surface area contributed by atoms with E-state index >= 15 is 0 Å². The predicted octanol–water partition coefficient (Wildman–Crippen LogP) is 5.25. The van der Waals surface area contributed by atoms with Crippen LogP contribution in [0.15, 0.2) is 47.4 Å². The molecule has 0 aliphatic rings. The smallest absolute Gasteiger partial charge is 0.313 e. The highest BCUT2D eigenvalue weighted by Crippen LogP contribution is 2.37. The van der Waals surface area contributed by atoms with Gasteiger partial charge in [0, 0.05) is 6.04 Å². The second-order valence-corrected chi connectivity index (χ2v) is 7.56. The predicted molar refractivity (Wildman–Crippen MR) is 94.9 cm³/mol. The summed E-state index contributed by atoms with van der Waals surface area (Å²) >= 11 is 0. The van der Waals surface area contributed by atoms with Crippen molar-refractivity contribution in [3.05, 3.63) is 64.7 Å². The van der Waals surface area contributed by atoms with Crippen LogP contribution < -0.4 is 5.32 Å². The minimum absolute atomic E-state index is 0.0559. The number of halogens is 6. The van der Waals surface area contributed by atoms with Crippen LogP contribution in [0.25, 0.3) is 0 Å². The largest absolute Gasteiger partial charge is 0.416 e. The average molecular weight is 443 g/mol. The zero-order chi connectivity index (χ0) is 22.6. The maximum Gasteiger partial charge on any atom is 0.416 e. The van der Waals surface area contributed by atoms with Gasteiger partial charge in [-0.1, -0.05) is 17.7 Å². The van der Waals surface area contributed by atoms with Gasteiger partial charge < -0.3 is 5.32 Å². The quantitative estimate of drug-likeness (QED) is 0.503. The molecule has 0 spiro atoms. The molecule has 2 rings (SSSR count). The van der Waals surface area contributed by atoms with Gasteiger partial charge in [0.15, 0.2) is 0 Å². The molecule has 1 unspecified atom stereocenters. The Balaban J connectivity index is 0.000000326. The summed E-state index contributed by atoms with van der Waals surface area (Å²) in [5, 5.41) is 2.60. The molecule has 0 radical (unpaired) electrons. The summed E-state index contributed by atoms with van der Waals surface area (Å²) in [6.45, 7) is 3.32. The fourth-order valence-corrected chi connectivity index (χ4v) is 2.59. The molecule has 0 aliphatic heterocycles. The molecule has 2 aromatic carbocycles. The van der Waals surface area contributed by atoms with Crippen molar-refractivity contribution in [1.29, 1.82) is 0 Å². The molecule has 162 valence electrons. The Labute approximate surface area is 164 Å². The Morgan fingerprint density at radius 1 is 0.897 bits per heavy atom. The molecule has 29 heavy (non-hydrogen) atoms. The third-order valence-corrected chi connectivity index (χ3v) is 4.73. The molecular formula is C18H19F6NO3S. The van der Waals surface area contributed by atoms with Crippen LogP contribution in [0.4, 0.5) is 26.3 Å². The van der Waals surface area contributed by atoms with Gasteiger partial charge in [-0.15, -0.1) is 0 Å². The number of hydrogen-bond acceptors (Lipinski definition) is 3. The zero-order valence-corrected chi connectivity index (χ0v) is 16.4. The maximum atomic E-state index is 12.5. The highest BCUT2D eigenvalue weighted by atomic mass is 32.2. The van der Waals surface area contributed by atoms with Crippen LogP contribution >= 0.6 is 0 Å². The number of aryl methyl sites for hydroxylation is 1. The fourth-order valence-electron chi connectivity index (χ4n) is 2.11. The molecule has 0 saturated carbocycles. The van der Waals surface area contributed by atoms with E-state index < -0.39 is 39.6 Å². The lowest BCUT2D eigenvalue weighted by Gasteiger charge is -2.17. The molecule has 4 nitrogen and oxygen atoms in total. The van der Waals surface area contributed by atoms with Crippen molar-refractivity contribution >= 4 is 10.1 Å². The minimum atomic E-state index is -4.80. The Morgan fingerprint density at radius 3 is 1.62 bits per heavy atom. The molecule has 0 saturated heterocycles. The lowest BCUT2D eigenvalue weighted by molar-refractivity contribution is -0.143. The van der Waals surface area contributed by atoms with Gasteiger partial charge in [-0.3, -0.25) is 4.55 Å². The van der Waals surface area contributed by atoms with Gasteiger partial charge in [0.2, 0.25) is 0 Å². The maximum absolute atomic E-state index is 12.5. The third kappa shape index (κ3) is 7.67. The summed E-state index contributed by atoms with van der Waals surface area (Å²) in [5.41, 5.74) is -1.69. The van der Waals surface area contributed by atoms with Crippen LogP contribution in [0, 0.1) is 6.92 Å². The fraction of sp³-hybridized carbons (Fsp3) is 0.333. The number of rotatable bonds is 3. The first kappa shape index (κ1) is 24.9. The highest BCUT2D eigenvalue weighted by molar-refractivity contribution is 7.85. The van der Waals surface area contributed by atoms with E-state index in [1.54, 1.807) is 12.1 Å². The summed E-state index contributed by atoms with van der Waals surface area (Å²) in [4.78, 5) is -0.0666. The van der Waals surface area contributed by atoms with Crippen LogP contribution in [-0.4, -0.2) is 20.0 Å². The van der Waals surface area contributed by atoms with Crippen LogP contribution in [0.2, 0.25) is 0 Å². The Kier molecular flexibility index (Phi) is 7.86. The van der Waals surface area contributed by atoms with Crippen molar-refractivity contribution in [2.75, 3.05) is 7.05 Å². The molecule has 0 fully saturated rings. The van der Waals surface area contributed by atoms with E-state index in [0.29, 0.717) is 0 Å². The van der Waals surface area contributed by atoms with E-state index in [0.717, 1.165) is 17.7 Å². The molecular weight excluding hydrogens is 424 g/mol. The number of nitrogens with one attached hydrogen (secondary N) is 1. The van der Waals surface area contributed by atoms with Crippen LogP contribution in [0.3, 0.4) is 0 Å². The first-order valence-electron chi connectivity index (χ1n) is 8.06.